The number of nitrogens with zero attached hydrogens (tertiary/aromatic N) is 4. The molecule has 150 valence electrons. The predicted octanol–water partition coefficient (Wildman–Crippen LogP) is 4.17. The van der Waals surface area contributed by atoms with Crippen molar-refractivity contribution in [1.82, 2.24) is 14.8 Å². The molecular weight excluding hydrogens is 433 g/mol. The molecule has 0 spiro atoms. The van der Waals surface area contributed by atoms with Crippen molar-refractivity contribution in [3.05, 3.63) is 70.1 Å². The fourth-order valence-corrected chi connectivity index (χ4v) is 3.42. The number of nitrogens with one attached hydrogen (secondary N) is 1. The molecule has 0 fully saturated rings. The number of anilines is 2. The number of rotatable bonds is 3. The van der Waals surface area contributed by atoms with E-state index in [0.717, 1.165) is 0 Å². The SMILES string of the molecule is C[C@H]1CN(c2ccc(Cl)c(Cl)c2)C(=O)c2c(C(=O)Nc3ccccn3)cnn21.S. The molecule has 1 aliphatic rings. The summed E-state index contributed by atoms with van der Waals surface area (Å²) in [6, 6.07) is 10.0. The standard InChI is InChI=1S/C19H15Cl2N5O2.H2S/c1-11-10-25(12-5-6-14(20)15(21)8-12)19(28)17-13(9-23-26(11)17)18(27)24-16-4-2-3-7-22-16;/h2-9,11H,10H2,1H3,(H,22,24,27);1H2/t11-;/m0./s1. The first kappa shape index (κ1) is 21.2. The number of pyridine rings is 1. The summed E-state index contributed by atoms with van der Waals surface area (Å²) in [6.07, 6.45) is 2.97. The zero-order valence-electron chi connectivity index (χ0n) is 15.3. The van der Waals surface area contributed by atoms with Crippen molar-refractivity contribution in [3.8, 4) is 0 Å². The van der Waals surface area contributed by atoms with E-state index in [1.165, 1.54) is 6.20 Å². The second-order valence-corrected chi connectivity index (χ2v) is 7.20. The highest BCUT2D eigenvalue weighted by Gasteiger charge is 2.35. The van der Waals surface area contributed by atoms with Crippen molar-refractivity contribution < 1.29 is 9.59 Å². The molecule has 1 aromatic carbocycles. The fraction of sp³-hybridized carbons (Fsp3) is 0.158. The Kier molecular flexibility index (Phi) is 6.16. The maximum absolute atomic E-state index is 13.2. The molecule has 0 radical (unpaired) electrons. The van der Waals surface area contributed by atoms with Crippen molar-refractivity contribution in [2.45, 2.75) is 13.0 Å². The van der Waals surface area contributed by atoms with Crippen molar-refractivity contribution in [2.75, 3.05) is 16.8 Å². The average Bonchev–Trinajstić information content (AvgIpc) is 3.14. The van der Waals surface area contributed by atoms with E-state index in [9.17, 15) is 9.59 Å². The zero-order chi connectivity index (χ0) is 19.8. The highest BCUT2D eigenvalue weighted by molar-refractivity contribution is 7.59. The molecule has 1 atom stereocenters. The van der Waals surface area contributed by atoms with Gasteiger partial charge in [-0.2, -0.15) is 18.6 Å². The van der Waals surface area contributed by atoms with Crippen molar-refractivity contribution in [1.29, 1.82) is 0 Å². The molecule has 1 aliphatic heterocycles. The molecule has 2 aromatic heterocycles. The second kappa shape index (κ2) is 8.44. The topological polar surface area (TPSA) is 80.1 Å². The number of benzene rings is 1. The summed E-state index contributed by atoms with van der Waals surface area (Å²) in [5.74, 6) is -0.387. The van der Waals surface area contributed by atoms with E-state index in [1.807, 2.05) is 6.92 Å². The Balaban J connectivity index is 0.00000240. The van der Waals surface area contributed by atoms with Crippen LogP contribution in [0.3, 0.4) is 0 Å². The van der Waals surface area contributed by atoms with Crippen LogP contribution in [0.4, 0.5) is 11.5 Å². The molecule has 0 saturated heterocycles. The van der Waals surface area contributed by atoms with Gasteiger partial charge >= 0.3 is 0 Å². The Bertz CT molecular complexity index is 1070. The normalized spacial score (nSPS) is 15.5. The zero-order valence-corrected chi connectivity index (χ0v) is 17.8. The molecule has 29 heavy (non-hydrogen) atoms. The second-order valence-electron chi connectivity index (χ2n) is 6.38. The molecule has 0 aliphatic carbocycles. The molecule has 0 unspecified atom stereocenters. The molecule has 0 saturated carbocycles. The summed E-state index contributed by atoms with van der Waals surface area (Å²) in [7, 11) is 0. The van der Waals surface area contributed by atoms with E-state index in [0.29, 0.717) is 28.1 Å². The molecule has 3 heterocycles. The lowest BCUT2D eigenvalue weighted by atomic mass is 10.1. The van der Waals surface area contributed by atoms with Crippen LogP contribution in [-0.2, 0) is 0 Å². The van der Waals surface area contributed by atoms with Crippen LogP contribution < -0.4 is 10.2 Å². The maximum Gasteiger partial charge on any atom is 0.277 e. The highest BCUT2D eigenvalue weighted by atomic mass is 35.5. The maximum atomic E-state index is 13.2. The van der Waals surface area contributed by atoms with Gasteiger partial charge in [0.1, 0.15) is 11.5 Å². The molecule has 1 N–H and O–H groups in total. The number of amides is 2. The van der Waals surface area contributed by atoms with E-state index in [1.54, 1.807) is 52.2 Å². The summed E-state index contributed by atoms with van der Waals surface area (Å²) in [4.78, 5) is 31.6. The lowest BCUT2D eigenvalue weighted by Crippen LogP contribution is -2.43. The van der Waals surface area contributed by atoms with Crippen LogP contribution in [0.2, 0.25) is 10.0 Å². The van der Waals surface area contributed by atoms with Crippen LogP contribution in [0.25, 0.3) is 0 Å². The Labute approximate surface area is 184 Å². The van der Waals surface area contributed by atoms with Gasteiger partial charge in [-0.15, -0.1) is 0 Å². The number of halogens is 2. The Morgan fingerprint density at radius 1 is 1.21 bits per heavy atom. The van der Waals surface area contributed by atoms with Crippen LogP contribution in [-0.4, -0.2) is 33.1 Å². The van der Waals surface area contributed by atoms with Gasteiger partial charge in [0.25, 0.3) is 11.8 Å². The third-order valence-electron chi connectivity index (χ3n) is 4.47. The van der Waals surface area contributed by atoms with E-state index < -0.39 is 5.91 Å². The summed E-state index contributed by atoms with van der Waals surface area (Å²) in [5, 5.41) is 7.70. The van der Waals surface area contributed by atoms with Gasteiger partial charge in [-0.25, -0.2) is 4.98 Å². The highest BCUT2D eigenvalue weighted by Crippen LogP contribution is 2.32. The van der Waals surface area contributed by atoms with Crippen LogP contribution in [0.1, 0.15) is 33.8 Å². The largest absolute Gasteiger partial charge is 0.306 e. The van der Waals surface area contributed by atoms with Gasteiger partial charge in [0, 0.05) is 18.4 Å². The van der Waals surface area contributed by atoms with E-state index >= 15 is 0 Å². The molecule has 4 rings (SSSR count). The number of carbonyl (C=O) groups excluding carboxylic acids is 2. The number of hydrogen-bond donors (Lipinski definition) is 1. The quantitative estimate of drug-likeness (QED) is 0.650. The molecule has 0 bridgehead atoms. The fourth-order valence-electron chi connectivity index (χ4n) is 3.12. The van der Waals surface area contributed by atoms with Gasteiger partial charge < -0.3 is 10.2 Å². The Hall–Kier alpha value is -2.55. The van der Waals surface area contributed by atoms with E-state index in [-0.39, 0.29) is 36.7 Å². The number of hydrogen-bond acceptors (Lipinski definition) is 4. The minimum Gasteiger partial charge on any atom is -0.306 e. The van der Waals surface area contributed by atoms with Gasteiger partial charge in [0.15, 0.2) is 0 Å². The third kappa shape index (κ3) is 3.96. The monoisotopic (exact) mass is 449 g/mol. The number of fused-ring (bicyclic) bond motifs is 1. The van der Waals surface area contributed by atoms with Crippen molar-refractivity contribution in [3.63, 3.8) is 0 Å². The minimum absolute atomic E-state index is 0. The summed E-state index contributed by atoms with van der Waals surface area (Å²) in [6.45, 7) is 2.32. The van der Waals surface area contributed by atoms with Crippen molar-refractivity contribution in [2.24, 2.45) is 0 Å². The first-order valence-corrected chi connectivity index (χ1v) is 9.28. The number of aromatic nitrogens is 3. The Morgan fingerprint density at radius 2 is 2.00 bits per heavy atom. The van der Waals surface area contributed by atoms with Crippen molar-refractivity contribution >= 4 is 60.0 Å². The molecule has 7 nitrogen and oxygen atoms in total. The minimum atomic E-state index is -0.448. The molecule has 10 heteroatoms. The van der Waals surface area contributed by atoms with E-state index in [2.05, 4.69) is 15.4 Å². The van der Waals surface area contributed by atoms with Gasteiger partial charge in [0.05, 0.1) is 27.8 Å². The predicted molar refractivity (Wildman–Crippen MR) is 118 cm³/mol. The summed E-state index contributed by atoms with van der Waals surface area (Å²) in [5.41, 5.74) is 1.01. The van der Waals surface area contributed by atoms with Gasteiger partial charge in [-0.05, 0) is 37.3 Å². The molecule has 3 aromatic rings. The smallest absolute Gasteiger partial charge is 0.277 e. The average molecular weight is 450 g/mol. The molecule has 2 amide bonds. The van der Waals surface area contributed by atoms with Crippen LogP contribution >= 0.6 is 36.7 Å². The first-order chi connectivity index (χ1) is 13.5. The first-order valence-electron chi connectivity index (χ1n) is 8.52. The lowest BCUT2D eigenvalue weighted by molar-refractivity contribution is 0.0939. The Morgan fingerprint density at radius 3 is 2.69 bits per heavy atom. The lowest BCUT2D eigenvalue weighted by Gasteiger charge is -2.32. The van der Waals surface area contributed by atoms with Crippen LogP contribution in [0.5, 0.6) is 0 Å². The van der Waals surface area contributed by atoms with Gasteiger partial charge in [0.2, 0.25) is 0 Å². The van der Waals surface area contributed by atoms with Crippen LogP contribution in [0.15, 0.2) is 48.8 Å². The summed E-state index contributed by atoms with van der Waals surface area (Å²) < 4.78 is 1.57. The molecular formula is C19H17Cl2N5O2S. The van der Waals surface area contributed by atoms with Gasteiger partial charge in [-0.3, -0.25) is 14.3 Å². The summed E-state index contributed by atoms with van der Waals surface area (Å²) >= 11 is 12.1. The number of carbonyl (C=O) groups is 2. The van der Waals surface area contributed by atoms with E-state index in [4.69, 9.17) is 23.2 Å². The van der Waals surface area contributed by atoms with Gasteiger partial charge in [-0.1, -0.05) is 29.3 Å². The van der Waals surface area contributed by atoms with Crippen LogP contribution in [0, 0.1) is 0 Å². The third-order valence-corrected chi connectivity index (χ3v) is 5.21.